The van der Waals surface area contributed by atoms with Gasteiger partial charge in [0.2, 0.25) is 10.0 Å². The number of H-pyrrole nitrogens is 1. The van der Waals surface area contributed by atoms with Gasteiger partial charge in [0, 0.05) is 36.4 Å². The number of allylic oxidation sites excluding steroid dienone is 1. The minimum absolute atomic E-state index is 0.286. The Morgan fingerprint density at radius 2 is 2.20 bits per heavy atom. The molecule has 0 radical (unpaired) electrons. The summed E-state index contributed by atoms with van der Waals surface area (Å²) in [5, 5.41) is 0.662. The largest absolute Gasteiger partial charge is 0.399 e. The predicted octanol–water partition coefficient (Wildman–Crippen LogP) is 2.34. The summed E-state index contributed by atoms with van der Waals surface area (Å²) < 4.78 is 26.4. The van der Waals surface area contributed by atoms with Crippen LogP contribution in [0.5, 0.6) is 0 Å². The number of fused-ring (bicyclic) bond motifs is 1. The van der Waals surface area contributed by atoms with E-state index >= 15 is 0 Å². The number of nitrogens with zero attached hydrogens (tertiary/aromatic N) is 1. The van der Waals surface area contributed by atoms with Gasteiger partial charge >= 0.3 is 0 Å². The lowest BCUT2D eigenvalue weighted by atomic mass is 10.2. The summed E-state index contributed by atoms with van der Waals surface area (Å²) >= 11 is 0. The number of unbranched alkanes of at least 4 members (excludes halogenated alkanes) is 1. The highest BCUT2D eigenvalue weighted by Gasteiger charge is 2.23. The molecule has 0 fully saturated rings. The van der Waals surface area contributed by atoms with Crippen LogP contribution in [0, 0.1) is 0 Å². The van der Waals surface area contributed by atoms with Crippen molar-refractivity contribution in [3.8, 4) is 0 Å². The van der Waals surface area contributed by atoms with E-state index in [-0.39, 0.29) is 4.90 Å². The van der Waals surface area contributed by atoms with Gasteiger partial charge in [0.05, 0.1) is 0 Å². The highest BCUT2D eigenvalue weighted by atomic mass is 32.2. The molecular weight excluding hydrogens is 274 g/mol. The summed E-state index contributed by atoms with van der Waals surface area (Å²) in [5.41, 5.74) is 7.02. The number of hydrogen-bond donors (Lipinski definition) is 2. The molecule has 2 aromatic rings. The fourth-order valence-electron chi connectivity index (χ4n) is 2.08. The number of anilines is 1. The Balaban J connectivity index is 2.34. The predicted molar refractivity (Wildman–Crippen MR) is 82.0 cm³/mol. The molecule has 0 saturated carbocycles. The van der Waals surface area contributed by atoms with E-state index in [1.54, 1.807) is 31.3 Å². The lowest BCUT2D eigenvalue weighted by Gasteiger charge is -2.16. The highest BCUT2D eigenvalue weighted by Crippen LogP contribution is 2.26. The summed E-state index contributed by atoms with van der Waals surface area (Å²) in [6.07, 6.45) is 4.86. The van der Waals surface area contributed by atoms with E-state index in [0.717, 1.165) is 18.4 Å². The average molecular weight is 293 g/mol. The van der Waals surface area contributed by atoms with Crippen LogP contribution in [-0.2, 0) is 10.0 Å². The Labute approximate surface area is 119 Å². The number of benzene rings is 1. The number of nitrogen functional groups attached to an aromatic ring is 1. The van der Waals surface area contributed by atoms with Gasteiger partial charge in [0.15, 0.2) is 0 Å². The van der Waals surface area contributed by atoms with E-state index in [9.17, 15) is 8.42 Å². The maximum atomic E-state index is 12.5. The molecule has 108 valence electrons. The average Bonchev–Trinajstić information content (AvgIpc) is 2.82. The van der Waals surface area contributed by atoms with E-state index < -0.39 is 10.0 Å². The molecule has 0 aliphatic rings. The third kappa shape index (κ3) is 2.71. The Morgan fingerprint density at radius 3 is 2.90 bits per heavy atom. The summed E-state index contributed by atoms with van der Waals surface area (Å²) in [6.45, 7) is 4.10. The first-order valence-corrected chi connectivity index (χ1v) is 7.84. The number of nitrogens with one attached hydrogen (secondary N) is 1. The van der Waals surface area contributed by atoms with Crippen LogP contribution < -0.4 is 5.73 Å². The topological polar surface area (TPSA) is 79.2 Å². The van der Waals surface area contributed by atoms with E-state index in [1.165, 1.54) is 10.5 Å². The molecule has 1 aromatic carbocycles. The van der Waals surface area contributed by atoms with E-state index in [4.69, 9.17) is 5.73 Å². The van der Waals surface area contributed by atoms with Gasteiger partial charge in [-0.05, 0) is 31.0 Å². The number of aromatic nitrogens is 1. The van der Waals surface area contributed by atoms with E-state index in [2.05, 4.69) is 11.6 Å². The van der Waals surface area contributed by atoms with Crippen molar-refractivity contribution >= 4 is 26.6 Å². The Hall–Kier alpha value is -1.79. The molecule has 0 saturated heterocycles. The number of aromatic amines is 1. The molecule has 0 unspecified atom stereocenters. The maximum Gasteiger partial charge on any atom is 0.244 e. The second-order valence-corrected chi connectivity index (χ2v) is 6.73. The van der Waals surface area contributed by atoms with Gasteiger partial charge in [-0.3, -0.25) is 0 Å². The zero-order valence-corrected chi connectivity index (χ0v) is 12.3. The second-order valence-electron chi connectivity index (χ2n) is 4.72. The van der Waals surface area contributed by atoms with Crippen LogP contribution in [0.25, 0.3) is 10.9 Å². The molecule has 0 aliphatic carbocycles. The smallest absolute Gasteiger partial charge is 0.244 e. The van der Waals surface area contributed by atoms with Gasteiger partial charge in [-0.15, -0.1) is 6.58 Å². The van der Waals surface area contributed by atoms with Crippen LogP contribution in [0.4, 0.5) is 5.69 Å². The Bertz CT molecular complexity index is 719. The molecular formula is C14H19N3O2S. The van der Waals surface area contributed by atoms with Crippen molar-refractivity contribution in [2.45, 2.75) is 17.7 Å². The number of hydrogen-bond acceptors (Lipinski definition) is 3. The SMILES string of the molecule is C=CCCCN(C)S(=O)(=O)c1c[nH]c2cc(N)ccc12. The zero-order chi connectivity index (χ0) is 14.8. The monoisotopic (exact) mass is 293 g/mol. The van der Waals surface area contributed by atoms with Gasteiger partial charge in [-0.25, -0.2) is 12.7 Å². The first-order valence-electron chi connectivity index (χ1n) is 6.40. The molecule has 3 N–H and O–H groups in total. The van der Waals surface area contributed by atoms with Crippen LogP contribution in [0.3, 0.4) is 0 Å². The van der Waals surface area contributed by atoms with Gasteiger partial charge in [0.1, 0.15) is 4.90 Å². The maximum absolute atomic E-state index is 12.5. The van der Waals surface area contributed by atoms with Crippen molar-refractivity contribution in [1.82, 2.24) is 9.29 Å². The molecule has 0 aliphatic heterocycles. The lowest BCUT2D eigenvalue weighted by molar-refractivity contribution is 0.463. The van der Waals surface area contributed by atoms with Gasteiger partial charge in [-0.2, -0.15) is 0 Å². The second kappa shape index (κ2) is 5.68. The van der Waals surface area contributed by atoms with Crippen LogP contribution in [-0.4, -0.2) is 31.3 Å². The fraction of sp³-hybridized carbons (Fsp3) is 0.286. The van der Waals surface area contributed by atoms with Crippen molar-refractivity contribution in [1.29, 1.82) is 0 Å². The van der Waals surface area contributed by atoms with Crippen LogP contribution >= 0.6 is 0 Å². The van der Waals surface area contributed by atoms with Crippen LogP contribution in [0.1, 0.15) is 12.8 Å². The molecule has 1 heterocycles. The van der Waals surface area contributed by atoms with Gasteiger partial charge < -0.3 is 10.7 Å². The molecule has 6 heteroatoms. The molecule has 5 nitrogen and oxygen atoms in total. The number of rotatable bonds is 6. The quantitative estimate of drug-likeness (QED) is 0.487. The van der Waals surface area contributed by atoms with Crippen LogP contribution in [0.2, 0.25) is 0 Å². The first-order chi connectivity index (χ1) is 9.46. The molecule has 1 aromatic heterocycles. The normalized spacial score (nSPS) is 12.1. The van der Waals surface area contributed by atoms with Crippen molar-refractivity contribution in [3.63, 3.8) is 0 Å². The minimum atomic E-state index is -3.49. The summed E-state index contributed by atoms with van der Waals surface area (Å²) in [4.78, 5) is 3.24. The zero-order valence-electron chi connectivity index (χ0n) is 11.5. The lowest BCUT2D eigenvalue weighted by Crippen LogP contribution is -2.27. The Kier molecular flexibility index (Phi) is 4.15. The fourth-order valence-corrected chi connectivity index (χ4v) is 3.45. The van der Waals surface area contributed by atoms with Crippen molar-refractivity contribution < 1.29 is 8.42 Å². The van der Waals surface area contributed by atoms with Crippen molar-refractivity contribution in [2.75, 3.05) is 19.3 Å². The van der Waals surface area contributed by atoms with Crippen LogP contribution in [0.15, 0.2) is 41.9 Å². The molecule has 0 bridgehead atoms. The number of nitrogens with two attached hydrogens (primary N) is 1. The van der Waals surface area contributed by atoms with E-state index in [1.807, 2.05) is 0 Å². The van der Waals surface area contributed by atoms with Gasteiger partial charge in [0.25, 0.3) is 0 Å². The highest BCUT2D eigenvalue weighted by molar-refractivity contribution is 7.89. The molecule has 2 rings (SSSR count). The third-order valence-corrected chi connectivity index (χ3v) is 5.13. The van der Waals surface area contributed by atoms with Crippen molar-refractivity contribution in [3.05, 3.63) is 37.1 Å². The molecule has 0 atom stereocenters. The summed E-state index contributed by atoms with van der Waals surface area (Å²) in [5.74, 6) is 0. The molecule has 0 spiro atoms. The van der Waals surface area contributed by atoms with Gasteiger partial charge in [-0.1, -0.05) is 6.08 Å². The summed E-state index contributed by atoms with van der Waals surface area (Å²) in [7, 11) is -1.90. The first kappa shape index (κ1) is 14.6. The molecule has 20 heavy (non-hydrogen) atoms. The Morgan fingerprint density at radius 1 is 1.45 bits per heavy atom. The minimum Gasteiger partial charge on any atom is -0.399 e. The van der Waals surface area contributed by atoms with E-state index in [0.29, 0.717) is 17.6 Å². The third-order valence-electron chi connectivity index (χ3n) is 3.24. The number of sulfonamides is 1. The van der Waals surface area contributed by atoms with Crippen molar-refractivity contribution in [2.24, 2.45) is 0 Å². The standard InChI is InChI=1S/C14H19N3O2S/c1-3-4-5-8-17(2)20(18,19)14-10-16-13-9-11(15)6-7-12(13)14/h3,6-7,9-10,16H,1,4-5,8,15H2,2H3. The molecule has 0 amide bonds. The summed E-state index contributed by atoms with van der Waals surface area (Å²) in [6, 6.07) is 5.16.